The van der Waals surface area contributed by atoms with E-state index in [4.69, 9.17) is 10.2 Å². The zero-order chi connectivity index (χ0) is 21.5. The number of H-pyrrole nitrogens is 1. The summed E-state index contributed by atoms with van der Waals surface area (Å²) < 4.78 is 0. The van der Waals surface area contributed by atoms with Crippen LogP contribution in [0.3, 0.4) is 0 Å². The van der Waals surface area contributed by atoms with Crippen LogP contribution < -0.4 is 0 Å². The molecule has 6 nitrogen and oxygen atoms in total. The maximum atomic E-state index is 10.6. The van der Waals surface area contributed by atoms with E-state index in [0.717, 1.165) is 22.6 Å². The van der Waals surface area contributed by atoms with Gasteiger partial charge in [0.15, 0.2) is 0 Å². The Morgan fingerprint density at radius 3 is 1.73 bits per heavy atom. The molecule has 0 fully saturated rings. The van der Waals surface area contributed by atoms with Gasteiger partial charge in [0.05, 0.1) is 16.8 Å². The summed E-state index contributed by atoms with van der Waals surface area (Å²) in [7, 11) is 0. The number of rotatable bonds is 4. The first-order valence-electron chi connectivity index (χ1n) is 9.20. The normalized spacial score (nSPS) is 10.0. The predicted octanol–water partition coefficient (Wildman–Crippen LogP) is 5.14. The first-order valence-corrected chi connectivity index (χ1v) is 9.20. The van der Waals surface area contributed by atoms with E-state index < -0.39 is 11.9 Å². The van der Waals surface area contributed by atoms with Crippen LogP contribution in [0.15, 0.2) is 85.1 Å². The van der Waals surface area contributed by atoms with Gasteiger partial charge in [-0.25, -0.2) is 14.6 Å². The first-order chi connectivity index (χ1) is 14.5. The average Bonchev–Trinajstić information content (AvgIpc) is 3.26. The Hall–Kier alpha value is -4.19. The second-order valence-corrected chi connectivity index (χ2v) is 6.45. The van der Waals surface area contributed by atoms with Crippen LogP contribution in [-0.4, -0.2) is 32.1 Å². The van der Waals surface area contributed by atoms with Crippen molar-refractivity contribution >= 4 is 11.9 Å². The van der Waals surface area contributed by atoms with Gasteiger partial charge in [-0.3, -0.25) is 0 Å². The third-order valence-electron chi connectivity index (χ3n) is 4.49. The van der Waals surface area contributed by atoms with E-state index in [1.54, 1.807) is 0 Å². The zero-order valence-electron chi connectivity index (χ0n) is 16.2. The van der Waals surface area contributed by atoms with E-state index in [2.05, 4.69) is 22.1 Å². The summed E-state index contributed by atoms with van der Waals surface area (Å²) in [5, 5.41) is 17.4. The number of benzene rings is 3. The molecule has 1 heterocycles. The summed E-state index contributed by atoms with van der Waals surface area (Å²) >= 11 is 0. The number of carbonyl (C=O) groups is 2. The van der Waals surface area contributed by atoms with Crippen molar-refractivity contribution in [2.24, 2.45) is 0 Å². The van der Waals surface area contributed by atoms with Crippen molar-refractivity contribution in [1.82, 2.24) is 9.97 Å². The molecule has 4 rings (SSSR count). The van der Waals surface area contributed by atoms with Gasteiger partial charge in [0.1, 0.15) is 5.82 Å². The summed E-state index contributed by atoms with van der Waals surface area (Å²) in [6.07, 6.45) is 1.94. The molecule has 0 saturated heterocycles. The van der Waals surface area contributed by atoms with Gasteiger partial charge in [0, 0.05) is 17.3 Å². The molecule has 4 aromatic rings. The number of nitrogens with one attached hydrogen (secondary N) is 1. The van der Waals surface area contributed by atoms with Gasteiger partial charge in [0.2, 0.25) is 0 Å². The van der Waals surface area contributed by atoms with Crippen LogP contribution in [-0.2, 0) is 0 Å². The molecule has 0 atom stereocenters. The van der Waals surface area contributed by atoms with Gasteiger partial charge in [-0.15, -0.1) is 0 Å². The summed E-state index contributed by atoms with van der Waals surface area (Å²) in [5.74, 6) is -1.31. The lowest BCUT2D eigenvalue weighted by Gasteiger charge is -2.03. The third kappa shape index (κ3) is 4.80. The number of aromatic nitrogens is 2. The minimum Gasteiger partial charge on any atom is -0.478 e. The molecule has 3 aromatic carbocycles. The molecule has 0 amide bonds. The quantitative estimate of drug-likeness (QED) is 0.440. The molecule has 150 valence electrons. The molecule has 6 heteroatoms. The Bertz CT molecular complexity index is 1070. The first kappa shape index (κ1) is 20.5. The Kier molecular flexibility index (Phi) is 6.39. The molecule has 1 aromatic heterocycles. The van der Waals surface area contributed by atoms with Crippen molar-refractivity contribution in [1.29, 1.82) is 0 Å². The van der Waals surface area contributed by atoms with Gasteiger partial charge < -0.3 is 15.2 Å². The summed E-state index contributed by atoms with van der Waals surface area (Å²) in [6, 6.07) is 24.5. The molecule has 0 radical (unpaired) electrons. The van der Waals surface area contributed by atoms with E-state index in [0.29, 0.717) is 0 Å². The number of aromatic carboxylic acids is 2. The second-order valence-electron chi connectivity index (χ2n) is 6.45. The van der Waals surface area contributed by atoms with Crippen LogP contribution in [0, 0.1) is 6.92 Å². The van der Waals surface area contributed by atoms with E-state index in [1.807, 2.05) is 54.7 Å². The standard InChI is InChI=1S/C15H12N2.C9H8O4/c1-3-7-12(8-4-1)14-11-16-15(17-14)13-9-5-2-6-10-13;1-5-6(8(10)11)3-2-4-7(5)9(12)13/h1-11H,(H,16,17);2-4H,1H3,(H,10,11)(H,12,13). The molecule has 30 heavy (non-hydrogen) atoms. The largest absolute Gasteiger partial charge is 0.478 e. The van der Waals surface area contributed by atoms with Crippen molar-refractivity contribution in [2.75, 3.05) is 0 Å². The lowest BCUT2D eigenvalue weighted by Crippen LogP contribution is -2.06. The van der Waals surface area contributed by atoms with E-state index in [9.17, 15) is 9.59 Å². The van der Waals surface area contributed by atoms with Crippen molar-refractivity contribution < 1.29 is 19.8 Å². The molecule has 0 aliphatic carbocycles. The highest BCUT2D eigenvalue weighted by Gasteiger charge is 2.13. The van der Waals surface area contributed by atoms with Gasteiger partial charge >= 0.3 is 11.9 Å². The Labute approximate surface area is 173 Å². The molecule has 0 spiro atoms. The fourth-order valence-corrected chi connectivity index (χ4v) is 2.92. The average molecular weight is 400 g/mol. The number of nitrogens with zero attached hydrogens (tertiary/aromatic N) is 1. The maximum absolute atomic E-state index is 10.6. The molecule has 0 unspecified atom stereocenters. The number of imidazole rings is 1. The van der Waals surface area contributed by atoms with E-state index in [-0.39, 0.29) is 16.7 Å². The monoisotopic (exact) mass is 400 g/mol. The van der Waals surface area contributed by atoms with Crippen LogP contribution in [0.4, 0.5) is 0 Å². The molecule has 0 bridgehead atoms. The van der Waals surface area contributed by atoms with Crippen LogP contribution in [0.1, 0.15) is 26.3 Å². The molecule has 0 aliphatic heterocycles. The summed E-state index contributed by atoms with van der Waals surface area (Å²) in [6.45, 7) is 1.48. The maximum Gasteiger partial charge on any atom is 0.335 e. The third-order valence-corrected chi connectivity index (χ3v) is 4.49. The van der Waals surface area contributed by atoms with Crippen molar-refractivity contribution in [3.63, 3.8) is 0 Å². The highest BCUT2D eigenvalue weighted by molar-refractivity contribution is 5.96. The molecular weight excluding hydrogens is 380 g/mol. The van der Waals surface area contributed by atoms with Gasteiger partial charge in [-0.1, -0.05) is 66.7 Å². The molecular formula is C24H20N2O4. The number of aromatic amines is 1. The fraction of sp³-hybridized carbons (Fsp3) is 0.0417. The highest BCUT2D eigenvalue weighted by Crippen LogP contribution is 2.21. The molecule has 0 aliphatic rings. The lowest BCUT2D eigenvalue weighted by molar-refractivity contribution is 0.0696. The number of carboxylic acids is 2. The van der Waals surface area contributed by atoms with Crippen LogP contribution in [0.25, 0.3) is 22.6 Å². The van der Waals surface area contributed by atoms with Gasteiger partial charge in [-0.2, -0.15) is 0 Å². The van der Waals surface area contributed by atoms with Crippen LogP contribution in [0.2, 0.25) is 0 Å². The lowest BCUT2D eigenvalue weighted by atomic mass is 10.0. The summed E-state index contributed by atoms with van der Waals surface area (Å²) in [4.78, 5) is 29.0. The van der Waals surface area contributed by atoms with Crippen molar-refractivity contribution in [3.05, 3.63) is 102 Å². The Morgan fingerprint density at radius 1 is 0.733 bits per heavy atom. The molecule has 3 N–H and O–H groups in total. The van der Waals surface area contributed by atoms with Crippen LogP contribution >= 0.6 is 0 Å². The van der Waals surface area contributed by atoms with Crippen molar-refractivity contribution in [3.8, 4) is 22.6 Å². The smallest absolute Gasteiger partial charge is 0.335 e. The van der Waals surface area contributed by atoms with Crippen LogP contribution in [0.5, 0.6) is 0 Å². The van der Waals surface area contributed by atoms with Gasteiger partial charge in [0.25, 0.3) is 0 Å². The summed E-state index contributed by atoms with van der Waals surface area (Å²) in [5.41, 5.74) is 3.55. The molecule has 0 saturated carbocycles. The number of carboxylic acid groups (broad SMARTS) is 2. The zero-order valence-corrected chi connectivity index (χ0v) is 16.2. The van der Waals surface area contributed by atoms with E-state index in [1.165, 1.54) is 25.1 Å². The number of hydrogen-bond acceptors (Lipinski definition) is 3. The minimum atomic E-state index is -1.11. The minimum absolute atomic E-state index is 0.0277. The van der Waals surface area contributed by atoms with Gasteiger partial charge in [-0.05, 0) is 24.6 Å². The SMILES string of the molecule is Cc1c(C(=O)O)cccc1C(=O)O.c1ccc(-c2c[nH]c(-c3ccccc3)n2)cc1. The predicted molar refractivity (Wildman–Crippen MR) is 115 cm³/mol. The van der Waals surface area contributed by atoms with E-state index >= 15 is 0 Å². The second kappa shape index (κ2) is 9.34. The Balaban J connectivity index is 0.000000178. The number of hydrogen-bond donors (Lipinski definition) is 3. The highest BCUT2D eigenvalue weighted by atomic mass is 16.4. The Morgan fingerprint density at radius 2 is 1.23 bits per heavy atom. The van der Waals surface area contributed by atoms with Crippen molar-refractivity contribution in [2.45, 2.75) is 6.92 Å². The topological polar surface area (TPSA) is 103 Å². The fourth-order valence-electron chi connectivity index (χ4n) is 2.92.